The van der Waals surface area contributed by atoms with E-state index in [2.05, 4.69) is 28.6 Å². The third-order valence-electron chi connectivity index (χ3n) is 18.4. The number of esters is 2. The number of methoxy groups -OCH3 is 2. The van der Waals surface area contributed by atoms with E-state index in [9.17, 15) is 47.9 Å². The normalized spacial score (nSPS) is 16.0. The van der Waals surface area contributed by atoms with Crippen LogP contribution in [0.1, 0.15) is 173 Å². The maximum atomic E-state index is 14.9. The number of ketones is 1. The summed E-state index contributed by atoms with van der Waals surface area (Å²) in [4.78, 5) is 144. The van der Waals surface area contributed by atoms with Crippen LogP contribution in [0.5, 0.6) is 11.5 Å². The van der Waals surface area contributed by atoms with Crippen LogP contribution in [0, 0.1) is 17.3 Å². The number of rotatable bonds is 38. The van der Waals surface area contributed by atoms with Crippen molar-refractivity contribution in [2.75, 3.05) is 73.5 Å². The van der Waals surface area contributed by atoms with E-state index in [4.69, 9.17) is 23.7 Å². The number of hydrogen-bond acceptors (Lipinski definition) is 15. The summed E-state index contributed by atoms with van der Waals surface area (Å²) in [6.45, 7) is 14.5. The minimum Gasteiger partial charge on any atom is -0.493 e. The number of anilines is 1. The maximum absolute atomic E-state index is 14.9. The number of piperidine rings is 1. The van der Waals surface area contributed by atoms with Crippen molar-refractivity contribution in [1.82, 2.24) is 30.2 Å². The molecule has 6 atom stereocenters. The van der Waals surface area contributed by atoms with Crippen molar-refractivity contribution in [2.24, 2.45) is 17.3 Å². The zero-order chi connectivity index (χ0) is 71.9. The van der Waals surface area contributed by atoms with Crippen LogP contribution < -0.4 is 25.4 Å². The summed E-state index contributed by atoms with van der Waals surface area (Å²) >= 11 is 0. The van der Waals surface area contributed by atoms with Crippen molar-refractivity contribution in [1.29, 1.82) is 0 Å². The average Bonchev–Trinajstić information content (AvgIpc) is 0.813. The van der Waals surface area contributed by atoms with Crippen molar-refractivity contribution in [3.05, 3.63) is 114 Å². The number of Topliss-reactive ketones (excluding diaryl/α,β-unsaturated/α-hetero) is 1. The average molecular weight is 1360 g/mol. The molecule has 2 aliphatic rings. The van der Waals surface area contributed by atoms with Crippen LogP contribution in [0.3, 0.4) is 0 Å². The van der Waals surface area contributed by atoms with Crippen LogP contribution in [-0.4, -0.2) is 177 Å². The predicted molar refractivity (Wildman–Crippen MR) is 375 cm³/mol. The van der Waals surface area contributed by atoms with Gasteiger partial charge in [-0.3, -0.25) is 38.4 Å². The number of amides is 7. The molecule has 3 aromatic carbocycles. The molecule has 1 heterocycles. The van der Waals surface area contributed by atoms with Gasteiger partial charge in [0.2, 0.25) is 41.2 Å². The van der Waals surface area contributed by atoms with Gasteiger partial charge in [-0.25, -0.2) is 9.59 Å². The number of benzene rings is 3. The van der Waals surface area contributed by atoms with Gasteiger partial charge in [-0.1, -0.05) is 133 Å². The first-order valence-electron chi connectivity index (χ1n) is 34.9. The first-order chi connectivity index (χ1) is 46.8. The topological polar surface area (TPSA) is 266 Å². The van der Waals surface area contributed by atoms with E-state index in [1.807, 2.05) is 76.2 Å². The number of likely N-dealkylation sites (tertiary alicyclic amines) is 1. The van der Waals surface area contributed by atoms with E-state index in [1.165, 1.54) is 89.0 Å². The third-order valence-corrected chi connectivity index (χ3v) is 18.4. The minimum absolute atomic E-state index is 0.0600. The largest absolute Gasteiger partial charge is 0.493 e. The van der Waals surface area contributed by atoms with Crippen LogP contribution in [0.4, 0.5) is 5.69 Å². The molecule has 0 aromatic heterocycles. The molecule has 7 amide bonds. The van der Waals surface area contributed by atoms with Crippen LogP contribution in [0.15, 0.2) is 97.6 Å². The first kappa shape index (κ1) is 80.3. The number of aryl methyl sites for hydroxylation is 1. The maximum Gasteiger partial charge on any atom is 0.330 e. The summed E-state index contributed by atoms with van der Waals surface area (Å²) in [5.74, 6) is -5.64. The van der Waals surface area contributed by atoms with E-state index < -0.39 is 88.9 Å². The van der Waals surface area contributed by atoms with Gasteiger partial charge >= 0.3 is 11.9 Å². The fraction of sp³-hybridized carbons (Fsp3) is 0.579. The van der Waals surface area contributed by atoms with Crippen molar-refractivity contribution >= 4 is 64.8 Å². The number of ether oxygens (including phenoxy) is 5. The Kier molecular flexibility index (Phi) is 33.7. The lowest BCUT2D eigenvalue weighted by molar-refractivity contribution is -0.165. The lowest BCUT2D eigenvalue weighted by atomic mass is 9.87. The molecule has 1 aliphatic carbocycles. The molecular weight excluding hydrogens is 1250 g/mol. The molecule has 22 nitrogen and oxygen atoms in total. The SMILES string of the molecule is C=CC(=O)OCC(C)(C)C(=O)C(=O)N1CCCCC1C(=O)O[C@H](CCc1ccc(OC)c(OC)c1)c1cccc(NC(=O)CCC(=O)N(C)C(CC(C)C)C(=O)N[C@H](Cc2ccccc2)C(=O)N(C)C(C(=O)NCC(=O)N(C)CC/C=C\CCOC2CCCCCCC2)C(C)CC)c1. The van der Waals surface area contributed by atoms with Crippen LogP contribution in [0.25, 0.3) is 0 Å². The molecule has 3 aromatic rings. The molecule has 0 bridgehead atoms. The van der Waals surface area contributed by atoms with Crippen molar-refractivity contribution in [3.63, 3.8) is 0 Å². The standard InChI is InChI=1S/C76H109N7O15/c1-13-53(5)69(72(90)77-50-67(86)80(8)43-26-18-19-28-45-96-58-34-23-16-15-17-24-35-58)82(10)73(91)59(47-54-30-21-20-22-31-54)79-71(89)61(46-52(3)4)81(9)66(85)42-41-65(84)78-57-33-29-32-56(49-57)62(39-37-55-38-40-63(94-11)64(48-55)95-12)98-75(93)60-36-25-27-44-83(60)74(92)70(88)76(6,7)51-97-68(87)14-2/h14,18-22,29-33,38,40,48-49,52-53,58-62,69H,2,13,15-17,23-28,34-37,39,41-47,50-51H2,1,3-12H3,(H,77,90)(H,78,84)(H,79,89)/b19-18-/t53?,59-,60?,61?,62-,69?/m1/s1. The second kappa shape index (κ2) is 41.1. The Morgan fingerprint density at radius 1 is 0.745 bits per heavy atom. The molecule has 5 rings (SSSR count). The Balaban J connectivity index is 1.25. The highest BCUT2D eigenvalue weighted by atomic mass is 16.5. The van der Waals surface area contributed by atoms with Gasteiger partial charge < -0.3 is 59.2 Å². The van der Waals surface area contributed by atoms with Gasteiger partial charge in [0.15, 0.2) is 11.5 Å². The molecule has 1 aliphatic heterocycles. The second-order valence-electron chi connectivity index (χ2n) is 27.0. The Hall–Kier alpha value is -8.40. The summed E-state index contributed by atoms with van der Waals surface area (Å²) in [7, 11) is 7.74. The summed E-state index contributed by atoms with van der Waals surface area (Å²) < 4.78 is 28.6. The molecule has 1 saturated carbocycles. The molecule has 3 N–H and O–H groups in total. The zero-order valence-corrected chi connectivity index (χ0v) is 59.9. The van der Waals surface area contributed by atoms with E-state index in [0.717, 1.165) is 36.5 Å². The predicted octanol–water partition coefficient (Wildman–Crippen LogP) is 9.86. The molecule has 538 valence electrons. The summed E-state index contributed by atoms with van der Waals surface area (Å²) in [6.07, 6.45) is 16.6. The number of likely N-dealkylation sites (N-methyl/N-ethyl adjacent to an activating group) is 3. The van der Waals surface area contributed by atoms with Crippen LogP contribution in [-0.2, 0) is 75.0 Å². The summed E-state index contributed by atoms with van der Waals surface area (Å²) in [5, 5.41) is 8.61. The monoisotopic (exact) mass is 1360 g/mol. The van der Waals surface area contributed by atoms with E-state index >= 15 is 0 Å². The first-order valence-corrected chi connectivity index (χ1v) is 34.9. The third kappa shape index (κ3) is 25.5. The lowest BCUT2D eigenvalue weighted by Crippen LogP contribution is -2.59. The van der Waals surface area contributed by atoms with Crippen LogP contribution >= 0.6 is 0 Å². The van der Waals surface area contributed by atoms with Gasteiger partial charge in [0, 0.05) is 65.3 Å². The van der Waals surface area contributed by atoms with E-state index in [0.29, 0.717) is 74.1 Å². The fourth-order valence-corrected chi connectivity index (χ4v) is 12.2. The Morgan fingerprint density at radius 2 is 1.43 bits per heavy atom. The van der Waals surface area contributed by atoms with Gasteiger partial charge in [0.05, 0.1) is 38.9 Å². The van der Waals surface area contributed by atoms with Gasteiger partial charge in [-0.15, -0.1) is 0 Å². The number of carbonyl (C=O) groups excluding carboxylic acids is 10. The molecule has 0 radical (unpaired) electrons. The highest BCUT2D eigenvalue weighted by Gasteiger charge is 2.43. The van der Waals surface area contributed by atoms with Crippen molar-refractivity contribution in [3.8, 4) is 11.5 Å². The molecule has 22 heteroatoms. The van der Waals surface area contributed by atoms with Crippen molar-refractivity contribution < 1.29 is 71.6 Å². The Morgan fingerprint density at radius 3 is 2.10 bits per heavy atom. The van der Waals surface area contributed by atoms with E-state index in [-0.39, 0.29) is 76.0 Å². The zero-order valence-electron chi connectivity index (χ0n) is 59.9. The highest BCUT2D eigenvalue weighted by molar-refractivity contribution is 6.38. The molecule has 98 heavy (non-hydrogen) atoms. The quantitative estimate of drug-likeness (QED) is 0.0158. The Labute approximate surface area is 580 Å². The summed E-state index contributed by atoms with van der Waals surface area (Å²) in [6, 6.07) is 16.9. The van der Waals surface area contributed by atoms with Gasteiger partial charge in [0.1, 0.15) is 36.9 Å². The second-order valence-corrected chi connectivity index (χ2v) is 27.0. The minimum atomic E-state index is -1.41. The smallest absolute Gasteiger partial charge is 0.330 e. The number of nitrogens with zero attached hydrogens (tertiary/aromatic N) is 4. The van der Waals surface area contributed by atoms with Crippen molar-refractivity contribution in [2.45, 2.75) is 200 Å². The lowest BCUT2D eigenvalue weighted by Gasteiger charge is -2.36. The number of hydrogen-bond donors (Lipinski definition) is 3. The fourth-order valence-electron chi connectivity index (χ4n) is 12.2. The Bertz CT molecular complexity index is 3160. The van der Waals surface area contributed by atoms with Crippen LogP contribution in [0.2, 0.25) is 0 Å². The molecule has 1 saturated heterocycles. The van der Waals surface area contributed by atoms with E-state index in [1.54, 1.807) is 42.3 Å². The summed E-state index contributed by atoms with van der Waals surface area (Å²) in [5.41, 5.74) is 0.986. The molecule has 0 spiro atoms. The van der Waals surface area contributed by atoms with Gasteiger partial charge in [-0.05, 0) is 131 Å². The number of carbonyl (C=O) groups is 10. The molecule has 2 fully saturated rings. The molecular formula is C76H109N7O15. The van der Waals surface area contributed by atoms with Gasteiger partial charge in [-0.2, -0.15) is 0 Å². The van der Waals surface area contributed by atoms with Gasteiger partial charge in [0.25, 0.3) is 5.91 Å². The molecule has 4 unspecified atom stereocenters. The highest BCUT2D eigenvalue weighted by Crippen LogP contribution is 2.33. The number of nitrogens with one attached hydrogen (secondary N) is 3.